The van der Waals surface area contributed by atoms with Crippen LogP contribution in [0.2, 0.25) is 0 Å². The summed E-state index contributed by atoms with van der Waals surface area (Å²) < 4.78 is 12.5. The third-order valence-corrected chi connectivity index (χ3v) is 15.2. The minimum Gasteiger partial charge on any atom is -0.309 e. The molecule has 0 aliphatic heterocycles. The molecule has 0 saturated heterocycles. The standard InChI is InChI=1S/C60H36N4S/c1-3-17-37(18-4-1)61-45-25-11-7-21-41(45)55-49(61)29-15-31-51(55)63-47-27-13-9-23-43(47)57-53(63)35-33-39-40-34-36-54-58(60(40)65-59(39)57)44-24-10-14-28-48(44)64(54)52-32-16-30-50-56(52)42-22-8-12-26-46(42)62(50)38-19-5-2-6-20-38/h1-36H. The Bertz CT molecular complexity index is 4180. The van der Waals surface area contributed by atoms with Crippen LogP contribution >= 0.6 is 11.3 Å². The fraction of sp³-hybridized carbons (Fsp3) is 0. The number of hydrogen-bond acceptors (Lipinski definition) is 1. The summed E-state index contributed by atoms with van der Waals surface area (Å²) in [7, 11) is 0. The molecule has 0 atom stereocenters. The molecule has 0 amide bonds. The second kappa shape index (κ2) is 13.1. The van der Waals surface area contributed by atoms with Crippen LogP contribution in [0.5, 0.6) is 0 Å². The molecule has 0 unspecified atom stereocenters. The van der Waals surface area contributed by atoms with E-state index in [1.54, 1.807) is 0 Å². The number of thiophene rings is 1. The van der Waals surface area contributed by atoms with Gasteiger partial charge in [0.05, 0.1) is 55.5 Å². The van der Waals surface area contributed by atoms with Gasteiger partial charge in [-0.15, -0.1) is 11.3 Å². The van der Waals surface area contributed by atoms with Crippen molar-refractivity contribution in [2.75, 3.05) is 0 Å². The van der Waals surface area contributed by atoms with E-state index in [4.69, 9.17) is 0 Å². The Balaban J connectivity index is 1.02. The molecule has 5 aromatic heterocycles. The second-order valence-corrected chi connectivity index (χ2v) is 18.2. The Morgan fingerprint density at radius 3 is 0.954 bits per heavy atom. The van der Waals surface area contributed by atoms with Crippen LogP contribution in [0.25, 0.3) is 130 Å². The summed E-state index contributed by atoms with van der Waals surface area (Å²) in [4.78, 5) is 0. The normalized spacial score (nSPS) is 12.3. The summed E-state index contributed by atoms with van der Waals surface area (Å²) in [5.41, 5.74) is 14.4. The van der Waals surface area contributed by atoms with Crippen LogP contribution in [0.4, 0.5) is 0 Å². The monoisotopic (exact) mass is 844 g/mol. The highest BCUT2D eigenvalue weighted by Crippen LogP contribution is 2.49. The van der Waals surface area contributed by atoms with Gasteiger partial charge < -0.3 is 18.3 Å². The van der Waals surface area contributed by atoms with Crippen molar-refractivity contribution in [3.05, 3.63) is 218 Å². The van der Waals surface area contributed by atoms with E-state index in [0.29, 0.717) is 0 Å². The minimum atomic E-state index is 1.16. The van der Waals surface area contributed by atoms with Gasteiger partial charge in [-0.3, -0.25) is 0 Å². The number of fused-ring (bicyclic) bond motifs is 17. The van der Waals surface area contributed by atoms with Gasteiger partial charge in [0, 0.05) is 74.6 Å². The molecule has 0 aliphatic carbocycles. The van der Waals surface area contributed by atoms with E-state index < -0.39 is 0 Å². The molecule has 0 aliphatic rings. The molecule has 0 fully saturated rings. The molecule has 5 heteroatoms. The Morgan fingerprint density at radius 1 is 0.215 bits per heavy atom. The quantitative estimate of drug-likeness (QED) is 0.168. The SMILES string of the molecule is c1ccc(-n2c3ccccc3c3c(-n4c5ccccc5c5c6sc7c(ccc8c7c7ccccc7n8-c7cccc8c7c7ccccc7n8-c7ccccc7)c6ccc54)cccc32)cc1. The number of rotatable bonds is 4. The molecular formula is C60H36N4S. The summed E-state index contributed by atoms with van der Waals surface area (Å²) in [6, 6.07) is 80.3. The molecule has 10 aromatic carbocycles. The number of hydrogen-bond donors (Lipinski definition) is 0. The Labute approximate surface area is 376 Å². The van der Waals surface area contributed by atoms with E-state index in [1.807, 2.05) is 11.3 Å². The maximum Gasteiger partial charge on any atom is 0.0562 e. The molecule has 302 valence electrons. The molecule has 15 aromatic rings. The first-order valence-electron chi connectivity index (χ1n) is 22.3. The Morgan fingerprint density at radius 2 is 0.538 bits per heavy atom. The summed E-state index contributed by atoms with van der Waals surface area (Å²) in [6.07, 6.45) is 0. The van der Waals surface area contributed by atoms with Gasteiger partial charge in [-0.1, -0.05) is 133 Å². The lowest BCUT2D eigenvalue weighted by Gasteiger charge is -2.11. The molecule has 0 bridgehead atoms. The highest BCUT2D eigenvalue weighted by atomic mass is 32.1. The number of para-hydroxylation sites is 6. The van der Waals surface area contributed by atoms with Crippen LogP contribution < -0.4 is 0 Å². The van der Waals surface area contributed by atoms with E-state index in [9.17, 15) is 0 Å². The van der Waals surface area contributed by atoms with Gasteiger partial charge in [0.2, 0.25) is 0 Å². The molecular weight excluding hydrogens is 809 g/mol. The summed E-state index contributed by atoms with van der Waals surface area (Å²) >= 11 is 1.95. The average Bonchev–Trinajstić information content (AvgIpc) is 4.17. The molecule has 0 spiro atoms. The van der Waals surface area contributed by atoms with E-state index in [0.717, 1.165) is 11.4 Å². The number of benzene rings is 10. The van der Waals surface area contributed by atoms with Gasteiger partial charge in [-0.25, -0.2) is 0 Å². The van der Waals surface area contributed by atoms with Gasteiger partial charge in [0.1, 0.15) is 0 Å². The van der Waals surface area contributed by atoms with Crippen LogP contribution in [0.15, 0.2) is 218 Å². The molecule has 4 nitrogen and oxygen atoms in total. The van der Waals surface area contributed by atoms with Crippen LogP contribution in [-0.4, -0.2) is 18.3 Å². The van der Waals surface area contributed by atoms with Crippen LogP contribution in [0, 0.1) is 0 Å². The molecule has 65 heavy (non-hydrogen) atoms. The van der Waals surface area contributed by atoms with Gasteiger partial charge in [-0.2, -0.15) is 0 Å². The molecule has 5 heterocycles. The van der Waals surface area contributed by atoms with Crippen molar-refractivity contribution < 1.29 is 0 Å². The van der Waals surface area contributed by atoms with Crippen molar-refractivity contribution in [1.82, 2.24) is 18.3 Å². The highest BCUT2D eigenvalue weighted by Gasteiger charge is 2.25. The van der Waals surface area contributed by atoms with E-state index >= 15 is 0 Å². The van der Waals surface area contributed by atoms with Crippen molar-refractivity contribution in [2.24, 2.45) is 0 Å². The third-order valence-electron chi connectivity index (χ3n) is 13.9. The predicted molar refractivity (Wildman–Crippen MR) is 277 cm³/mol. The Hall–Kier alpha value is -8.38. The zero-order valence-corrected chi connectivity index (χ0v) is 35.8. The molecule has 0 N–H and O–H groups in total. The van der Waals surface area contributed by atoms with Crippen molar-refractivity contribution in [3.8, 4) is 22.7 Å². The number of aromatic nitrogens is 4. The van der Waals surface area contributed by atoms with Gasteiger partial charge in [0.15, 0.2) is 0 Å². The summed E-state index contributed by atoms with van der Waals surface area (Å²) in [5, 5.41) is 12.7. The van der Waals surface area contributed by atoms with E-state index in [2.05, 4.69) is 237 Å². The predicted octanol–water partition coefficient (Wildman–Crippen LogP) is 16.4. The fourth-order valence-corrected chi connectivity index (χ4v) is 12.8. The first-order chi connectivity index (χ1) is 32.3. The van der Waals surface area contributed by atoms with E-state index in [1.165, 1.54) is 119 Å². The average molecular weight is 845 g/mol. The largest absolute Gasteiger partial charge is 0.309 e. The third kappa shape index (κ3) is 4.64. The first-order valence-corrected chi connectivity index (χ1v) is 23.1. The van der Waals surface area contributed by atoms with Crippen molar-refractivity contribution >= 4 is 119 Å². The second-order valence-electron chi connectivity index (χ2n) is 17.2. The van der Waals surface area contributed by atoms with Crippen molar-refractivity contribution in [1.29, 1.82) is 0 Å². The van der Waals surface area contributed by atoms with E-state index in [-0.39, 0.29) is 0 Å². The maximum absolute atomic E-state index is 2.52. The van der Waals surface area contributed by atoms with Crippen LogP contribution in [0.1, 0.15) is 0 Å². The summed E-state index contributed by atoms with van der Waals surface area (Å²) in [5.74, 6) is 0. The maximum atomic E-state index is 2.52. The van der Waals surface area contributed by atoms with Crippen molar-refractivity contribution in [3.63, 3.8) is 0 Å². The minimum absolute atomic E-state index is 1.16. The van der Waals surface area contributed by atoms with Gasteiger partial charge >= 0.3 is 0 Å². The van der Waals surface area contributed by atoms with Crippen LogP contribution in [0.3, 0.4) is 0 Å². The number of nitrogens with zero attached hydrogens (tertiary/aromatic N) is 4. The lowest BCUT2D eigenvalue weighted by Crippen LogP contribution is -1.96. The topological polar surface area (TPSA) is 19.7 Å². The van der Waals surface area contributed by atoms with Gasteiger partial charge in [0.25, 0.3) is 0 Å². The van der Waals surface area contributed by atoms with Crippen LogP contribution in [-0.2, 0) is 0 Å². The molecule has 0 saturated carbocycles. The van der Waals surface area contributed by atoms with Gasteiger partial charge in [-0.05, 0) is 84.9 Å². The lowest BCUT2D eigenvalue weighted by atomic mass is 10.1. The lowest BCUT2D eigenvalue weighted by molar-refractivity contribution is 1.17. The Kier molecular flexibility index (Phi) is 7.07. The zero-order valence-electron chi connectivity index (χ0n) is 35.0. The zero-order chi connectivity index (χ0) is 42.3. The highest BCUT2D eigenvalue weighted by molar-refractivity contribution is 7.27. The van der Waals surface area contributed by atoms with Crippen molar-refractivity contribution in [2.45, 2.75) is 0 Å². The first kappa shape index (κ1) is 35.1. The molecule has 15 rings (SSSR count). The fourth-order valence-electron chi connectivity index (χ4n) is 11.4. The smallest absolute Gasteiger partial charge is 0.0562 e. The molecule has 0 radical (unpaired) electrons. The summed E-state index contributed by atoms with van der Waals surface area (Å²) in [6.45, 7) is 0.